The first-order valence-electron chi connectivity index (χ1n) is 2.53. The van der Waals surface area contributed by atoms with E-state index in [1.165, 1.54) is 12.3 Å². The zero-order valence-electron chi connectivity index (χ0n) is 5.94. The van der Waals surface area contributed by atoms with Crippen molar-refractivity contribution in [1.29, 1.82) is 5.26 Å². The van der Waals surface area contributed by atoms with Gasteiger partial charge >= 0.3 is 29.6 Å². The SMILES string of the molecule is N#Cc1ccnc(S[O-])c1.[Na+]. The van der Waals surface area contributed by atoms with Gasteiger partial charge in [-0.25, -0.2) is 12.0 Å². The summed E-state index contributed by atoms with van der Waals surface area (Å²) in [6.45, 7) is 0. The van der Waals surface area contributed by atoms with Gasteiger partial charge in [0.05, 0.1) is 16.7 Å². The van der Waals surface area contributed by atoms with Gasteiger partial charge in [0, 0.05) is 6.20 Å². The Balaban J connectivity index is 0.000001000. The first kappa shape index (κ1) is 11.0. The van der Waals surface area contributed by atoms with Gasteiger partial charge in [-0.3, -0.25) is 4.98 Å². The summed E-state index contributed by atoms with van der Waals surface area (Å²) in [5, 5.41) is 8.70. The Morgan fingerprint density at radius 3 is 2.91 bits per heavy atom. The number of hydrogen-bond acceptors (Lipinski definition) is 4. The fourth-order valence-corrected chi connectivity index (χ4v) is 0.804. The summed E-state index contributed by atoms with van der Waals surface area (Å²) in [5.41, 5.74) is 0.466. The van der Waals surface area contributed by atoms with Crippen LogP contribution in [-0.2, 0) is 0 Å². The molecule has 0 fully saturated rings. The predicted molar refractivity (Wildman–Crippen MR) is 35.6 cm³/mol. The normalized spacial score (nSPS) is 8.00. The van der Waals surface area contributed by atoms with E-state index >= 15 is 0 Å². The zero-order valence-corrected chi connectivity index (χ0v) is 8.76. The topological polar surface area (TPSA) is 59.7 Å². The average Bonchev–Trinajstić information content (AvgIpc) is 2.05. The van der Waals surface area contributed by atoms with E-state index in [1.54, 1.807) is 6.07 Å². The summed E-state index contributed by atoms with van der Waals surface area (Å²) >= 11 is 0.286. The molecular formula is C6H3N2NaOS. The van der Waals surface area contributed by atoms with Gasteiger partial charge in [-0.1, -0.05) is 0 Å². The predicted octanol–water partition coefficient (Wildman–Crippen LogP) is -1.82. The fraction of sp³-hybridized carbons (Fsp3) is 0. The number of hydrogen-bond donors (Lipinski definition) is 0. The smallest absolute Gasteiger partial charge is 0.794 e. The molecule has 0 spiro atoms. The minimum atomic E-state index is 0. The molecule has 11 heavy (non-hydrogen) atoms. The van der Waals surface area contributed by atoms with E-state index in [0.717, 1.165) is 0 Å². The Morgan fingerprint density at radius 2 is 2.36 bits per heavy atom. The van der Waals surface area contributed by atoms with E-state index in [-0.39, 0.29) is 41.6 Å². The maximum atomic E-state index is 10.1. The van der Waals surface area contributed by atoms with Crippen molar-refractivity contribution >= 4 is 12.0 Å². The minimum absolute atomic E-state index is 0. The van der Waals surface area contributed by atoms with E-state index in [2.05, 4.69) is 4.98 Å². The maximum Gasteiger partial charge on any atom is 1.00 e. The van der Waals surface area contributed by atoms with E-state index in [4.69, 9.17) is 5.26 Å². The second-order valence-electron chi connectivity index (χ2n) is 1.58. The average molecular weight is 174 g/mol. The Morgan fingerprint density at radius 1 is 1.64 bits per heavy atom. The third-order valence-corrected chi connectivity index (χ3v) is 1.34. The van der Waals surface area contributed by atoms with Crippen molar-refractivity contribution in [1.82, 2.24) is 4.98 Å². The molecule has 5 heteroatoms. The van der Waals surface area contributed by atoms with Crippen LogP contribution in [0.25, 0.3) is 0 Å². The summed E-state index contributed by atoms with van der Waals surface area (Å²) in [6.07, 6.45) is 1.44. The quantitative estimate of drug-likeness (QED) is 0.371. The summed E-state index contributed by atoms with van der Waals surface area (Å²) in [4.78, 5) is 3.71. The van der Waals surface area contributed by atoms with Crippen LogP contribution in [0.5, 0.6) is 0 Å². The van der Waals surface area contributed by atoms with E-state index in [0.29, 0.717) is 10.6 Å². The van der Waals surface area contributed by atoms with Crippen LogP contribution in [-0.4, -0.2) is 9.54 Å². The zero-order chi connectivity index (χ0) is 7.40. The number of aromatic nitrogens is 1. The van der Waals surface area contributed by atoms with Crippen LogP contribution < -0.4 is 29.6 Å². The summed E-state index contributed by atoms with van der Waals surface area (Å²) in [5.74, 6) is 0. The number of pyridine rings is 1. The number of nitrogens with zero attached hydrogens (tertiary/aromatic N) is 2. The summed E-state index contributed by atoms with van der Waals surface area (Å²) in [6, 6.07) is 4.92. The van der Waals surface area contributed by atoms with Gasteiger partial charge in [-0.2, -0.15) is 5.26 Å². The molecule has 1 aromatic heterocycles. The third kappa shape index (κ3) is 3.23. The van der Waals surface area contributed by atoms with Crippen LogP contribution in [0.4, 0.5) is 0 Å². The third-order valence-electron chi connectivity index (χ3n) is 0.949. The molecule has 3 nitrogen and oxygen atoms in total. The van der Waals surface area contributed by atoms with Gasteiger partial charge in [-0.05, 0) is 12.1 Å². The Kier molecular flexibility index (Phi) is 5.56. The van der Waals surface area contributed by atoms with Crippen molar-refractivity contribution in [2.24, 2.45) is 0 Å². The van der Waals surface area contributed by atoms with Crippen LogP contribution in [0, 0.1) is 11.3 Å². The Labute approximate surface area is 90.9 Å². The molecule has 0 radical (unpaired) electrons. The van der Waals surface area contributed by atoms with Crippen molar-refractivity contribution in [3.8, 4) is 6.07 Å². The molecule has 0 aliphatic heterocycles. The van der Waals surface area contributed by atoms with Crippen LogP contribution in [0.15, 0.2) is 23.4 Å². The molecule has 50 valence electrons. The Hall–Kier alpha value is -0.0500. The first-order chi connectivity index (χ1) is 4.86. The summed E-state index contributed by atoms with van der Waals surface area (Å²) in [7, 11) is 0. The summed E-state index contributed by atoms with van der Waals surface area (Å²) < 4.78 is 10.1. The van der Waals surface area contributed by atoms with Gasteiger partial charge < -0.3 is 4.55 Å². The molecule has 0 saturated carbocycles. The molecule has 0 amide bonds. The van der Waals surface area contributed by atoms with E-state index < -0.39 is 0 Å². The van der Waals surface area contributed by atoms with Crippen molar-refractivity contribution in [3.05, 3.63) is 23.9 Å². The molecular weight excluding hydrogens is 171 g/mol. The molecule has 0 aromatic carbocycles. The Bertz CT molecular complexity index is 274. The van der Waals surface area contributed by atoms with Crippen LogP contribution in [0.3, 0.4) is 0 Å². The van der Waals surface area contributed by atoms with Crippen molar-refractivity contribution in [2.45, 2.75) is 5.03 Å². The van der Waals surface area contributed by atoms with Gasteiger partial charge in [0.25, 0.3) is 0 Å². The largest absolute Gasteiger partial charge is 1.00 e. The molecule has 1 aromatic rings. The fourth-order valence-electron chi connectivity index (χ4n) is 0.525. The first-order valence-corrected chi connectivity index (χ1v) is 3.27. The van der Waals surface area contributed by atoms with Crippen molar-refractivity contribution in [3.63, 3.8) is 0 Å². The van der Waals surface area contributed by atoms with Crippen molar-refractivity contribution < 1.29 is 34.1 Å². The second kappa shape index (κ2) is 5.58. The molecule has 0 saturated heterocycles. The van der Waals surface area contributed by atoms with Crippen LogP contribution in [0.2, 0.25) is 0 Å². The van der Waals surface area contributed by atoms with Crippen LogP contribution in [0.1, 0.15) is 5.56 Å². The minimum Gasteiger partial charge on any atom is -0.794 e. The van der Waals surface area contributed by atoms with Crippen molar-refractivity contribution in [2.75, 3.05) is 0 Å². The monoisotopic (exact) mass is 174 g/mol. The molecule has 1 heterocycles. The molecule has 0 aliphatic carbocycles. The maximum absolute atomic E-state index is 10.1. The van der Waals surface area contributed by atoms with Gasteiger partial charge in [0.1, 0.15) is 0 Å². The molecule has 0 N–H and O–H groups in total. The molecule has 0 atom stereocenters. The molecule has 0 unspecified atom stereocenters. The van der Waals surface area contributed by atoms with Crippen LogP contribution >= 0.6 is 12.0 Å². The van der Waals surface area contributed by atoms with Gasteiger partial charge in [0.2, 0.25) is 0 Å². The number of nitriles is 1. The van der Waals surface area contributed by atoms with Gasteiger partial charge in [0.15, 0.2) is 0 Å². The number of rotatable bonds is 1. The molecule has 0 aliphatic rings. The van der Waals surface area contributed by atoms with Gasteiger partial charge in [-0.15, -0.1) is 0 Å². The molecule has 0 bridgehead atoms. The van der Waals surface area contributed by atoms with E-state index in [1.807, 2.05) is 6.07 Å². The standard InChI is InChI=1S/C6H4N2OS.Na/c7-4-5-1-2-8-6(3-5)10-9;/h1-3,9H;/q;+1/p-1. The molecule has 1 rings (SSSR count). The van der Waals surface area contributed by atoms with E-state index in [9.17, 15) is 4.55 Å². The second-order valence-corrected chi connectivity index (χ2v) is 2.16.